The van der Waals surface area contributed by atoms with Crippen LogP contribution in [0.5, 0.6) is 0 Å². The Morgan fingerprint density at radius 3 is 2.14 bits per heavy atom. The molecule has 0 aliphatic rings. The molecule has 1 atom stereocenters. The lowest BCUT2D eigenvalue weighted by atomic mass is 10.0. The fraction of sp³-hybridized carbons (Fsp3) is 1.00. The van der Waals surface area contributed by atoms with Crippen LogP contribution in [0.15, 0.2) is 0 Å². The second-order valence-corrected chi connectivity index (χ2v) is 5.08. The van der Waals surface area contributed by atoms with Gasteiger partial charge in [-0.05, 0) is 39.0 Å². The zero-order valence-corrected chi connectivity index (χ0v) is 10.5. The Hall–Kier alpha value is -0.0800. The lowest BCUT2D eigenvalue weighted by Crippen LogP contribution is -2.37. The maximum atomic E-state index is 5.96. The standard InChI is InChI=1S/C12H27NO/c1-6-11(8-7-10(2)3)14-12(4,5)9-13/h10-11H,6-9,13H2,1-5H3/t11-/m0/s1. The molecule has 86 valence electrons. The molecular formula is C12H27NO. The summed E-state index contributed by atoms with van der Waals surface area (Å²) in [6.45, 7) is 11.4. The van der Waals surface area contributed by atoms with E-state index in [1.807, 2.05) is 0 Å². The Labute approximate surface area is 89.2 Å². The van der Waals surface area contributed by atoms with Crippen molar-refractivity contribution in [3.05, 3.63) is 0 Å². The van der Waals surface area contributed by atoms with Gasteiger partial charge in [0.15, 0.2) is 0 Å². The maximum Gasteiger partial charge on any atom is 0.0751 e. The molecule has 2 nitrogen and oxygen atoms in total. The lowest BCUT2D eigenvalue weighted by molar-refractivity contribution is -0.0713. The molecule has 0 aliphatic carbocycles. The molecule has 0 amide bonds. The van der Waals surface area contributed by atoms with Crippen molar-refractivity contribution < 1.29 is 4.74 Å². The van der Waals surface area contributed by atoms with Crippen molar-refractivity contribution in [2.75, 3.05) is 6.54 Å². The summed E-state index contributed by atoms with van der Waals surface area (Å²) in [6, 6.07) is 0. The van der Waals surface area contributed by atoms with Crippen LogP contribution in [0.4, 0.5) is 0 Å². The molecule has 0 fully saturated rings. The monoisotopic (exact) mass is 201 g/mol. The molecular weight excluding hydrogens is 174 g/mol. The van der Waals surface area contributed by atoms with Gasteiger partial charge in [0.2, 0.25) is 0 Å². The number of rotatable bonds is 7. The summed E-state index contributed by atoms with van der Waals surface area (Å²) >= 11 is 0. The minimum atomic E-state index is -0.169. The van der Waals surface area contributed by atoms with Crippen LogP contribution in [0.3, 0.4) is 0 Å². The van der Waals surface area contributed by atoms with Gasteiger partial charge in [0.1, 0.15) is 0 Å². The van der Waals surface area contributed by atoms with Crippen molar-refractivity contribution in [1.29, 1.82) is 0 Å². The summed E-state index contributed by atoms with van der Waals surface area (Å²) in [5.41, 5.74) is 5.47. The molecule has 0 spiro atoms. The van der Waals surface area contributed by atoms with Gasteiger partial charge in [-0.25, -0.2) is 0 Å². The Morgan fingerprint density at radius 1 is 1.21 bits per heavy atom. The maximum absolute atomic E-state index is 5.96. The zero-order valence-electron chi connectivity index (χ0n) is 10.5. The first-order chi connectivity index (χ1) is 6.41. The van der Waals surface area contributed by atoms with E-state index in [1.165, 1.54) is 6.42 Å². The Balaban J connectivity index is 3.90. The summed E-state index contributed by atoms with van der Waals surface area (Å²) in [5, 5.41) is 0. The molecule has 2 N–H and O–H groups in total. The highest BCUT2D eigenvalue weighted by molar-refractivity contribution is 4.72. The molecule has 0 saturated carbocycles. The molecule has 0 unspecified atom stereocenters. The van der Waals surface area contributed by atoms with Crippen LogP contribution < -0.4 is 5.73 Å². The van der Waals surface area contributed by atoms with Gasteiger partial charge in [0.25, 0.3) is 0 Å². The highest BCUT2D eigenvalue weighted by atomic mass is 16.5. The normalized spacial score (nSPS) is 14.8. The Bertz CT molecular complexity index is 143. The highest BCUT2D eigenvalue weighted by Crippen LogP contribution is 2.18. The van der Waals surface area contributed by atoms with Gasteiger partial charge in [0, 0.05) is 6.54 Å². The van der Waals surface area contributed by atoms with E-state index in [2.05, 4.69) is 34.6 Å². The zero-order chi connectivity index (χ0) is 11.2. The van der Waals surface area contributed by atoms with Gasteiger partial charge < -0.3 is 10.5 Å². The average Bonchev–Trinajstić information content (AvgIpc) is 2.12. The fourth-order valence-corrected chi connectivity index (χ4v) is 1.36. The van der Waals surface area contributed by atoms with Gasteiger partial charge in [-0.1, -0.05) is 20.8 Å². The van der Waals surface area contributed by atoms with E-state index in [0.29, 0.717) is 12.6 Å². The summed E-state index contributed by atoms with van der Waals surface area (Å²) in [5.74, 6) is 0.758. The van der Waals surface area contributed by atoms with Crippen molar-refractivity contribution in [3.63, 3.8) is 0 Å². The summed E-state index contributed by atoms with van der Waals surface area (Å²) in [4.78, 5) is 0. The summed E-state index contributed by atoms with van der Waals surface area (Å²) in [7, 11) is 0. The molecule has 0 aliphatic heterocycles. The van der Waals surface area contributed by atoms with Crippen molar-refractivity contribution in [3.8, 4) is 0 Å². The molecule has 0 aromatic carbocycles. The van der Waals surface area contributed by atoms with Crippen LogP contribution in [-0.2, 0) is 4.74 Å². The topological polar surface area (TPSA) is 35.2 Å². The fourth-order valence-electron chi connectivity index (χ4n) is 1.36. The first-order valence-electron chi connectivity index (χ1n) is 5.79. The van der Waals surface area contributed by atoms with Crippen LogP contribution in [0, 0.1) is 5.92 Å². The van der Waals surface area contributed by atoms with Crippen LogP contribution in [-0.4, -0.2) is 18.2 Å². The molecule has 0 radical (unpaired) electrons. The van der Waals surface area contributed by atoms with E-state index in [9.17, 15) is 0 Å². The molecule has 2 heteroatoms. The average molecular weight is 201 g/mol. The molecule has 0 aromatic heterocycles. The second-order valence-electron chi connectivity index (χ2n) is 5.08. The van der Waals surface area contributed by atoms with Gasteiger partial charge in [0.05, 0.1) is 11.7 Å². The minimum Gasteiger partial charge on any atom is -0.371 e. The summed E-state index contributed by atoms with van der Waals surface area (Å²) in [6.07, 6.45) is 3.84. The molecule has 14 heavy (non-hydrogen) atoms. The second kappa shape index (κ2) is 6.41. The summed E-state index contributed by atoms with van der Waals surface area (Å²) < 4.78 is 5.96. The third-order valence-corrected chi connectivity index (χ3v) is 2.50. The Kier molecular flexibility index (Phi) is 6.38. The SMILES string of the molecule is CC[C@@H](CCC(C)C)OC(C)(C)CN. The van der Waals surface area contributed by atoms with Gasteiger partial charge >= 0.3 is 0 Å². The van der Waals surface area contributed by atoms with Crippen LogP contribution in [0.1, 0.15) is 53.9 Å². The number of hydrogen-bond acceptors (Lipinski definition) is 2. The van der Waals surface area contributed by atoms with Crippen LogP contribution in [0.25, 0.3) is 0 Å². The number of hydrogen-bond donors (Lipinski definition) is 1. The third-order valence-electron chi connectivity index (χ3n) is 2.50. The van der Waals surface area contributed by atoms with E-state index < -0.39 is 0 Å². The Morgan fingerprint density at radius 2 is 1.79 bits per heavy atom. The van der Waals surface area contributed by atoms with E-state index >= 15 is 0 Å². The van der Waals surface area contributed by atoms with E-state index in [-0.39, 0.29) is 5.60 Å². The van der Waals surface area contributed by atoms with Crippen LogP contribution in [0.2, 0.25) is 0 Å². The van der Waals surface area contributed by atoms with Gasteiger partial charge in [-0.2, -0.15) is 0 Å². The van der Waals surface area contributed by atoms with Crippen molar-refractivity contribution in [2.45, 2.75) is 65.6 Å². The predicted molar refractivity (Wildman–Crippen MR) is 62.4 cm³/mol. The third kappa shape index (κ3) is 6.39. The van der Waals surface area contributed by atoms with Crippen LogP contribution >= 0.6 is 0 Å². The van der Waals surface area contributed by atoms with E-state index in [4.69, 9.17) is 10.5 Å². The molecule has 0 saturated heterocycles. The lowest BCUT2D eigenvalue weighted by Gasteiger charge is -2.29. The van der Waals surface area contributed by atoms with Gasteiger partial charge in [-0.3, -0.25) is 0 Å². The number of ether oxygens (including phenoxy) is 1. The van der Waals surface area contributed by atoms with Gasteiger partial charge in [-0.15, -0.1) is 0 Å². The van der Waals surface area contributed by atoms with E-state index in [1.54, 1.807) is 0 Å². The predicted octanol–water partition coefficient (Wildman–Crippen LogP) is 2.96. The molecule has 0 rings (SSSR count). The largest absolute Gasteiger partial charge is 0.371 e. The first-order valence-corrected chi connectivity index (χ1v) is 5.79. The minimum absolute atomic E-state index is 0.169. The molecule has 0 aromatic rings. The first kappa shape index (κ1) is 13.9. The highest BCUT2D eigenvalue weighted by Gasteiger charge is 2.20. The quantitative estimate of drug-likeness (QED) is 0.687. The molecule has 0 heterocycles. The van der Waals surface area contributed by atoms with E-state index in [0.717, 1.165) is 18.8 Å². The van der Waals surface area contributed by atoms with Crippen molar-refractivity contribution in [2.24, 2.45) is 11.7 Å². The van der Waals surface area contributed by atoms with Crippen molar-refractivity contribution in [1.82, 2.24) is 0 Å². The molecule has 0 bridgehead atoms. The smallest absolute Gasteiger partial charge is 0.0751 e. The van der Waals surface area contributed by atoms with Crippen molar-refractivity contribution >= 4 is 0 Å². The number of nitrogens with two attached hydrogens (primary N) is 1.